The lowest BCUT2D eigenvalue weighted by Gasteiger charge is -2.25. The fourth-order valence-corrected chi connectivity index (χ4v) is 1.48. The summed E-state index contributed by atoms with van der Waals surface area (Å²) >= 11 is 0. The Hall–Kier alpha value is -0.0800. The van der Waals surface area contributed by atoms with Gasteiger partial charge in [0.2, 0.25) is 0 Å². The molecule has 12 heavy (non-hydrogen) atoms. The molecule has 0 aliphatic heterocycles. The van der Waals surface area contributed by atoms with Crippen LogP contribution in [0.15, 0.2) is 0 Å². The van der Waals surface area contributed by atoms with Crippen molar-refractivity contribution in [2.45, 2.75) is 52.6 Å². The van der Waals surface area contributed by atoms with E-state index in [4.69, 9.17) is 5.11 Å². The predicted molar refractivity (Wildman–Crippen MR) is 53.2 cm³/mol. The zero-order chi connectivity index (χ0) is 9.56. The SMILES string of the molecule is CCCC(C)C(CO)NC(C)C. The second kappa shape index (κ2) is 6.44. The highest BCUT2D eigenvalue weighted by Crippen LogP contribution is 2.10. The molecule has 74 valence electrons. The second-order valence-corrected chi connectivity index (χ2v) is 3.88. The first-order chi connectivity index (χ1) is 5.61. The van der Waals surface area contributed by atoms with Crippen molar-refractivity contribution in [1.29, 1.82) is 0 Å². The molecular weight excluding hydrogens is 150 g/mol. The first kappa shape index (κ1) is 11.9. The smallest absolute Gasteiger partial charge is 0.0587 e. The molecule has 0 aliphatic carbocycles. The van der Waals surface area contributed by atoms with Crippen LogP contribution in [0.4, 0.5) is 0 Å². The molecule has 0 aromatic heterocycles. The van der Waals surface area contributed by atoms with Crippen LogP contribution in [0, 0.1) is 5.92 Å². The Kier molecular flexibility index (Phi) is 6.39. The molecule has 2 unspecified atom stereocenters. The third-order valence-electron chi connectivity index (χ3n) is 2.18. The quantitative estimate of drug-likeness (QED) is 0.641. The van der Waals surface area contributed by atoms with Gasteiger partial charge in [-0.2, -0.15) is 0 Å². The molecule has 0 amide bonds. The molecule has 2 nitrogen and oxygen atoms in total. The standard InChI is InChI=1S/C10H23NO/c1-5-6-9(4)10(7-12)11-8(2)3/h8-12H,5-7H2,1-4H3. The van der Waals surface area contributed by atoms with Crippen molar-refractivity contribution in [1.82, 2.24) is 5.32 Å². The molecule has 0 aromatic rings. The van der Waals surface area contributed by atoms with Gasteiger partial charge in [0.1, 0.15) is 0 Å². The van der Waals surface area contributed by atoms with Crippen LogP contribution in [-0.4, -0.2) is 23.8 Å². The van der Waals surface area contributed by atoms with Crippen LogP contribution in [0.5, 0.6) is 0 Å². The van der Waals surface area contributed by atoms with Crippen LogP contribution >= 0.6 is 0 Å². The van der Waals surface area contributed by atoms with E-state index >= 15 is 0 Å². The van der Waals surface area contributed by atoms with E-state index in [-0.39, 0.29) is 12.6 Å². The first-order valence-electron chi connectivity index (χ1n) is 4.98. The number of hydrogen-bond acceptors (Lipinski definition) is 2. The van der Waals surface area contributed by atoms with E-state index in [0.29, 0.717) is 12.0 Å². The van der Waals surface area contributed by atoms with E-state index in [9.17, 15) is 0 Å². The van der Waals surface area contributed by atoms with E-state index in [1.807, 2.05) is 0 Å². The molecule has 0 aromatic carbocycles. The summed E-state index contributed by atoms with van der Waals surface area (Å²) in [7, 11) is 0. The first-order valence-corrected chi connectivity index (χ1v) is 4.98. The fraction of sp³-hybridized carbons (Fsp3) is 1.00. The molecule has 2 atom stereocenters. The van der Waals surface area contributed by atoms with Crippen LogP contribution in [0.2, 0.25) is 0 Å². The molecule has 2 N–H and O–H groups in total. The van der Waals surface area contributed by atoms with E-state index in [2.05, 4.69) is 33.0 Å². The monoisotopic (exact) mass is 173 g/mol. The van der Waals surface area contributed by atoms with E-state index in [1.165, 1.54) is 12.8 Å². The predicted octanol–water partition coefficient (Wildman–Crippen LogP) is 1.78. The van der Waals surface area contributed by atoms with Gasteiger partial charge in [-0.15, -0.1) is 0 Å². The van der Waals surface area contributed by atoms with Gasteiger partial charge in [0.15, 0.2) is 0 Å². The summed E-state index contributed by atoms with van der Waals surface area (Å²) in [5.41, 5.74) is 0. The number of aliphatic hydroxyl groups excluding tert-OH is 1. The van der Waals surface area contributed by atoms with E-state index in [1.54, 1.807) is 0 Å². The minimum atomic E-state index is 0.249. The maximum atomic E-state index is 9.11. The Morgan fingerprint density at radius 2 is 1.83 bits per heavy atom. The Balaban J connectivity index is 3.78. The van der Waals surface area contributed by atoms with Gasteiger partial charge in [0, 0.05) is 12.1 Å². The van der Waals surface area contributed by atoms with Crippen molar-refractivity contribution in [2.24, 2.45) is 5.92 Å². The Morgan fingerprint density at radius 3 is 2.17 bits per heavy atom. The summed E-state index contributed by atoms with van der Waals surface area (Å²) in [6.07, 6.45) is 2.38. The van der Waals surface area contributed by atoms with Crippen molar-refractivity contribution in [3.63, 3.8) is 0 Å². The zero-order valence-corrected chi connectivity index (χ0v) is 8.80. The summed E-state index contributed by atoms with van der Waals surface area (Å²) < 4.78 is 0. The molecule has 0 saturated carbocycles. The minimum absolute atomic E-state index is 0.249. The zero-order valence-electron chi connectivity index (χ0n) is 8.80. The van der Waals surface area contributed by atoms with Gasteiger partial charge in [0.25, 0.3) is 0 Å². The molecule has 0 saturated heterocycles. The van der Waals surface area contributed by atoms with Gasteiger partial charge >= 0.3 is 0 Å². The number of nitrogens with one attached hydrogen (secondary N) is 1. The van der Waals surface area contributed by atoms with Crippen molar-refractivity contribution >= 4 is 0 Å². The summed E-state index contributed by atoms with van der Waals surface area (Å²) in [5, 5.41) is 12.5. The molecule has 0 aliphatic rings. The second-order valence-electron chi connectivity index (χ2n) is 3.88. The Bertz CT molecular complexity index is 104. The Morgan fingerprint density at radius 1 is 1.25 bits per heavy atom. The van der Waals surface area contributed by atoms with Crippen LogP contribution in [-0.2, 0) is 0 Å². The molecule has 0 spiro atoms. The highest BCUT2D eigenvalue weighted by molar-refractivity contribution is 4.73. The highest BCUT2D eigenvalue weighted by Gasteiger charge is 2.15. The van der Waals surface area contributed by atoms with Crippen LogP contribution < -0.4 is 5.32 Å². The van der Waals surface area contributed by atoms with Crippen molar-refractivity contribution < 1.29 is 5.11 Å². The van der Waals surface area contributed by atoms with Gasteiger partial charge < -0.3 is 10.4 Å². The van der Waals surface area contributed by atoms with Crippen LogP contribution in [0.25, 0.3) is 0 Å². The third-order valence-corrected chi connectivity index (χ3v) is 2.18. The topological polar surface area (TPSA) is 32.3 Å². The average molecular weight is 173 g/mol. The van der Waals surface area contributed by atoms with Gasteiger partial charge in [-0.1, -0.05) is 34.1 Å². The average Bonchev–Trinajstić information content (AvgIpc) is 2.00. The molecule has 0 heterocycles. The molecule has 0 radical (unpaired) electrons. The van der Waals surface area contributed by atoms with Gasteiger partial charge in [-0.25, -0.2) is 0 Å². The number of hydrogen-bond donors (Lipinski definition) is 2. The van der Waals surface area contributed by atoms with Crippen LogP contribution in [0.3, 0.4) is 0 Å². The normalized spacial score (nSPS) is 16.5. The summed E-state index contributed by atoms with van der Waals surface area (Å²) in [6.45, 7) is 8.85. The maximum absolute atomic E-state index is 9.11. The third kappa shape index (κ3) is 4.73. The molecule has 0 rings (SSSR count). The van der Waals surface area contributed by atoms with Gasteiger partial charge in [-0.05, 0) is 12.3 Å². The van der Waals surface area contributed by atoms with E-state index in [0.717, 1.165) is 0 Å². The lowest BCUT2D eigenvalue weighted by Crippen LogP contribution is -2.42. The number of aliphatic hydroxyl groups is 1. The van der Waals surface area contributed by atoms with Gasteiger partial charge in [-0.3, -0.25) is 0 Å². The summed E-state index contributed by atoms with van der Waals surface area (Å²) in [5.74, 6) is 0.572. The lowest BCUT2D eigenvalue weighted by molar-refractivity contribution is 0.191. The molecule has 0 bridgehead atoms. The van der Waals surface area contributed by atoms with Crippen molar-refractivity contribution in [3.05, 3.63) is 0 Å². The number of rotatable bonds is 6. The summed E-state index contributed by atoms with van der Waals surface area (Å²) in [6, 6.07) is 0.728. The van der Waals surface area contributed by atoms with Crippen molar-refractivity contribution in [2.75, 3.05) is 6.61 Å². The minimum Gasteiger partial charge on any atom is -0.395 e. The maximum Gasteiger partial charge on any atom is 0.0587 e. The van der Waals surface area contributed by atoms with Crippen LogP contribution in [0.1, 0.15) is 40.5 Å². The molecule has 2 heteroatoms. The summed E-state index contributed by atoms with van der Waals surface area (Å²) in [4.78, 5) is 0. The molecule has 0 fully saturated rings. The largest absolute Gasteiger partial charge is 0.395 e. The Labute approximate surface area is 76.4 Å². The fourth-order valence-electron chi connectivity index (χ4n) is 1.48. The highest BCUT2D eigenvalue weighted by atomic mass is 16.3. The van der Waals surface area contributed by atoms with Gasteiger partial charge in [0.05, 0.1) is 6.61 Å². The van der Waals surface area contributed by atoms with E-state index < -0.39 is 0 Å². The molecular formula is C10H23NO. The lowest BCUT2D eigenvalue weighted by atomic mass is 9.97. The van der Waals surface area contributed by atoms with Crippen molar-refractivity contribution in [3.8, 4) is 0 Å².